The van der Waals surface area contributed by atoms with Crippen molar-refractivity contribution < 1.29 is 14.7 Å². The normalized spacial score (nSPS) is 20.6. The number of amides is 1. The Kier molecular flexibility index (Phi) is 5.48. The zero-order valence-corrected chi connectivity index (χ0v) is 12.7. The van der Waals surface area contributed by atoms with Crippen LogP contribution in [0.4, 0.5) is 0 Å². The number of thioether (sulfide) groups is 1. The van der Waals surface area contributed by atoms with E-state index in [1.54, 1.807) is 6.92 Å². The van der Waals surface area contributed by atoms with Gasteiger partial charge in [-0.25, -0.2) is 0 Å². The number of carboxylic acids is 1. The first-order valence-electron chi connectivity index (χ1n) is 6.59. The number of nitrogens with one attached hydrogen (secondary N) is 1. The molecule has 1 aromatic carbocycles. The van der Waals surface area contributed by atoms with E-state index in [4.69, 9.17) is 5.11 Å². The molecule has 2 rings (SSSR count). The van der Waals surface area contributed by atoms with E-state index in [1.165, 1.54) is 0 Å². The Balaban J connectivity index is 1.97. The molecule has 0 unspecified atom stereocenters. The minimum atomic E-state index is -1.01. The van der Waals surface area contributed by atoms with Crippen molar-refractivity contribution >= 4 is 40.6 Å². The number of amidine groups is 1. The predicted octanol–water partition coefficient (Wildman–Crippen LogP) is 2.14. The van der Waals surface area contributed by atoms with Crippen LogP contribution in [0.25, 0.3) is 6.08 Å². The lowest BCUT2D eigenvalue weighted by molar-refractivity contribution is -0.138. The Morgan fingerprint density at radius 3 is 2.82 bits per heavy atom. The van der Waals surface area contributed by atoms with Crippen LogP contribution in [0.3, 0.4) is 0 Å². The fourth-order valence-electron chi connectivity index (χ4n) is 1.68. The maximum absolute atomic E-state index is 11.5. The van der Waals surface area contributed by atoms with E-state index < -0.39 is 11.2 Å². The monoisotopic (exact) mass is 317 g/mol. The van der Waals surface area contributed by atoms with Gasteiger partial charge in [0.05, 0.1) is 12.1 Å². The van der Waals surface area contributed by atoms with E-state index >= 15 is 0 Å². The molecule has 1 amide bonds. The number of carbonyl (C=O) groups is 2. The van der Waals surface area contributed by atoms with E-state index in [9.17, 15) is 9.59 Å². The molecule has 1 saturated heterocycles. The topological polar surface area (TPSA) is 91.1 Å². The molecule has 22 heavy (non-hydrogen) atoms. The first-order chi connectivity index (χ1) is 10.5. The van der Waals surface area contributed by atoms with Crippen molar-refractivity contribution in [2.24, 2.45) is 10.2 Å². The van der Waals surface area contributed by atoms with Crippen LogP contribution in [0.1, 0.15) is 18.9 Å². The maximum atomic E-state index is 11.5. The summed E-state index contributed by atoms with van der Waals surface area (Å²) in [6, 6.07) is 9.77. The molecule has 1 aromatic rings. The summed E-state index contributed by atoms with van der Waals surface area (Å²) in [5.74, 6) is -1.36. The van der Waals surface area contributed by atoms with Crippen LogP contribution in [0.5, 0.6) is 0 Å². The zero-order valence-electron chi connectivity index (χ0n) is 11.9. The number of hydrogen-bond donors (Lipinski definition) is 2. The van der Waals surface area contributed by atoms with Crippen molar-refractivity contribution in [2.75, 3.05) is 0 Å². The molecule has 7 heteroatoms. The summed E-state index contributed by atoms with van der Waals surface area (Å²) in [6.07, 6.45) is 3.49. The summed E-state index contributed by atoms with van der Waals surface area (Å²) in [5.41, 5.74) is 1.72. The fraction of sp³-hybridized carbons (Fsp3) is 0.200. The Labute approximate surface area is 132 Å². The van der Waals surface area contributed by atoms with Gasteiger partial charge in [-0.05, 0) is 18.6 Å². The van der Waals surface area contributed by atoms with Gasteiger partial charge in [0.25, 0.3) is 0 Å². The largest absolute Gasteiger partial charge is 0.481 e. The van der Waals surface area contributed by atoms with E-state index in [-0.39, 0.29) is 12.3 Å². The molecule has 0 aliphatic carbocycles. The molecule has 0 saturated carbocycles. The van der Waals surface area contributed by atoms with Gasteiger partial charge in [-0.1, -0.05) is 48.2 Å². The Hall–Kier alpha value is -2.41. The van der Waals surface area contributed by atoms with Crippen molar-refractivity contribution in [3.8, 4) is 0 Å². The molecular formula is C15H15N3O3S. The van der Waals surface area contributed by atoms with Gasteiger partial charge < -0.3 is 10.4 Å². The van der Waals surface area contributed by atoms with Crippen LogP contribution in [0.15, 0.2) is 46.6 Å². The highest BCUT2D eigenvalue weighted by atomic mass is 32.2. The third-order valence-corrected chi connectivity index (χ3v) is 3.82. The van der Waals surface area contributed by atoms with Crippen molar-refractivity contribution in [3.05, 3.63) is 42.0 Å². The van der Waals surface area contributed by atoms with Gasteiger partial charge in [-0.2, -0.15) is 5.10 Å². The summed E-state index contributed by atoms with van der Waals surface area (Å²) < 4.78 is 0. The van der Waals surface area contributed by atoms with Crippen LogP contribution >= 0.6 is 11.8 Å². The standard InChI is InChI=1S/C15H15N3O3S/c1-10(7-8-11-5-3-2-4-6-11)17-18-15-16-14(21)12(22-15)9-13(19)20/h2-8,12H,9H2,1H3,(H,19,20)(H,16,18,21)/b8-7-,17-10?/t12-/m0/s1. The van der Waals surface area contributed by atoms with Gasteiger partial charge in [0.15, 0.2) is 5.17 Å². The Morgan fingerprint density at radius 2 is 2.14 bits per heavy atom. The predicted molar refractivity (Wildman–Crippen MR) is 87.8 cm³/mol. The number of nitrogens with zero attached hydrogens (tertiary/aromatic N) is 2. The van der Waals surface area contributed by atoms with Gasteiger partial charge in [0, 0.05) is 0 Å². The third-order valence-electron chi connectivity index (χ3n) is 2.75. The number of hydrogen-bond acceptors (Lipinski definition) is 5. The smallest absolute Gasteiger partial charge is 0.305 e. The number of carboxylic acid groups (broad SMARTS) is 1. The quantitative estimate of drug-likeness (QED) is 0.643. The van der Waals surface area contributed by atoms with Gasteiger partial charge in [-0.3, -0.25) is 9.59 Å². The van der Waals surface area contributed by atoms with E-state index in [0.29, 0.717) is 10.9 Å². The fourth-order valence-corrected chi connectivity index (χ4v) is 2.59. The zero-order chi connectivity index (χ0) is 15.9. The molecule has 0 spiro atoms. The number of carbonyl (C=O) groups excluding carboxylic acids is 1. The minimum absolute atomic E-state index is 0.230. The molecule has 1 atom stereocenters. The Bertz CT molecular complexity index is 653. The summed E-state index contributed by atoms with van der Waals surface area (Å²) in [6.45, 7) is 1.79. The van der Waals surface area contributed by atoms with Crippen molar-refractivity contribution in [1.82, 2.24) is 5.32 Å². The molecule has 114 valence electrons. The van der Waals surface area contributed by atoms with Crippen LogP contribution in [0.2, 0.25) is 0 Å². The summed E-state index contributed by atoms with van der Waals surface area (Å²) in [4.78, 5) is 22.2. The number of rotatable bonds is 5. The van der Waals surface area contributed by atoms with Gasteiger partial charge in [-0.15, -0.1) is 5.10 Å². The number of benzene rings is 1. The van der Waals surface area contributed by atoms with Crippen molar-refractivity contribution in [2.45, 2.75) is 18.6 Å². The molecule has 1 heterocycles. The van der Waals surface area contributed by atoms with Crippen LogP contribution in [-0.4, -0.2) is 33.1 Å². The van der Waals surface area contributed by atoms with Crippen LogP contribution in [-0.2, 0) is 9.59 Å². The average molecular weight is 317 g/mol. The van der Waals surface area contributed by atoms with Crippen LogP contribution in [0, 0.1) is 0 Å². The number of aliphatic carboxylic acids is 1. The molecule has 1 aliphatic heterocycles. The van der Waals surface area contributed by atoms with E-state index in [1.807, 2.05) is 42.5 Å². The maximum Gasteiger partial charge on any atom is 0.305 e. The van der Waals surface area contributed by atoms with E-state index in [0.717, 1.165) is 17.3 Å². The molecule has 0 aromatic heterocycles. The second-order valence-corrected chi connectivity index (χ2v) is 5.78. The van der Waals surface area contributed by atoms with Gasteiger partial charge in [0.2, 0.25) is 5.91 Å². The first-order valence-corrected chi connectivity index (χ1v) is 7.47. The van der Waals surface area contributed by atoms with Gasteiger partial charge >= 0.3 is 5.97 Å². The average Bonchev–Trinajstić information content (AvgIpc) is 2.83. The van der Waals surface area contributed by atoms with E-state index in [2.05, 4.69) is 15.5 Å². The van der Waals surface area contributed by atoms with Gasteiger partial charge in [0.1, 0.15) is 5.25 Å². The second kappa shape index (κ2) is 7.56. The summed E-state index contributed by atoms with van der Waals surface area (Å²) in [5, 5.41) is 18.8. The Morgan fingerprint density at radius 1 is 1.41 bits per heavy atom. The second-order valence-electron chi connectivity index (χ2n) is 4.58. The highest BCUT2D eigenvalue weighted by Gasteiger charge is 2.32. The molecule has 1 aliphatic rings. The first kappa shape index (κ1) is 16.0. The SMILES string of the molecule is CC(/C=C\c1ccccc1)=NN=C1NC(=O)[C@H](CC(=O)O)S1. The molecule has 6 nitrogen and oxygen atoms in total. The lowest BCUT2D eigenvalue weighted by atomic mass is 10.2. The van der Waals surface area contributed by atoms with Crippen LogP contribution < -0.4 is 5.32 Å². The molecule has 0 bridgehead atoms. The molecule has 2 N–H and O–H groups in total. The highest BCUT2D eigenvalue weighted by Crippen LogP contribution is 2.22. The summed E-state index contributed by atoms with van der Waals surface area (Å²) in [7, 11) is 0. The minimum Gasteiger partial charge on any atom is -0.481 e. The van der Waals surface area contributed by atoms with Crippen molar-refractivity contribution in [3.63, 3.8) is 0 Å². The number of allylic oxidation sites excluding steroid dienone is 1. The molecule has 1 fully saturated rings. The summed E-state index contributed by atoms with van der Waals surface area (Å²) >= 11 is 1.08. The highest BCUT2D eigenvalue weighted by molar-refractivity contribution is 8.15. The third kappa shape index (κ3) is 4.85. The lowest BCUT2D eigenvalue weighted by Gasteiger charge is -1.97. The van der Waals surface area contributed by atoms with Crippen molar-refractivity contribution in [1.29, 1.82) is 0 Å². The lowest BCUT2D eigenvalue weighted by Crippen LogP contribution is -2.26. The molecular weight excluding hydrogens is 302 g/mol. The molecule has 0 radical (unpaired) electrons.